The summed E-state index contributed by atoms with van der Waals surface area (Å²) >= 11 is 1.38. The Labute approximate surface area is 183 Å². The van der Waals surface area contributed by atoms with E-state index in [-0.39, 0.29) is 17.9 Å². The van der Waals surface area contributed by atoms with Crippen molar-refractivity contribution in [3.63, 3.8) is 0 Å². The van der Waals surface area contributed by atoms with E-state index in [2.05, 4.69) is 0 Å². The fourth-order valence-electron chi connectivity index (χ4n) is 3.38. The Balaban J connectivity index is 1.75. The van der Waals surface area contributed by atoms with Crippen molar-refractivity contribution in [2.45, 2.75) is 24.4 Å². The van der Waals surface area contributed by atoms with E-state index in [1.807, 2.05) is 42.5 Å². The van der Waals surface area contributed by atoms with Crippen LogP contribution in [0, 0.1) is 0 Å². The molecule has 0 amide bonds. The summed E-state index contributed by atoms with van der Waals surface area (Å²) in [6, 6.07) is 14.7. The van der Waals surface area contributed by atoms with Crippen molar-refractivity contribution in [2.24, 2.45) is 0 Å². The lowest BCUT2D eigenvalue weighted by molar-refractivity contribution is 0.0491. The number of furan rings is 1. The highest BCUT2D eigenvalue weighted by molar-refractivity contribution is 7.98. The summed E-state index contributed by atoms with van der Waals surface area (Å²) in [5.74, 6) is 0.0720. The lowest BCUT2D eigenvalue weighted by atomic mass is 10.1. The first-order chi connectivity index (χ1) is 15.1. The van der Waals surface area contributed by atoms with Gasteiger partial charge < -0.3 is 13.9 Å². The molecule has 8 heteroatoms. The fourth-order valence-corrected chi connectivity index (χ4v) is 4.43. The molecule has 2 aromatic heterocycles. The Kier molecular flexibility index (Phi) is 6.39. The van der Waals surface area contributed by atoms with E-state index >= 15 is 0 Å². The number of hydrogen-bond donors (Lipinski definition) is 0. The standard InChI is InChI=1S/C23H22N2O5S/c1-3-29-22(27)20-17(15-8-5-7-11-19(15)30-20)14-31-23-24-18-10-6-4-9-16(18)21(26)25(23)12-13-28-2/h4-11H,3,12-14H2,1-2H3. The second-order valence-corrected chi connectivity index (χ2v) is 7.72. The van der Waals surface area contributed by atoms with Crippen molar-refractivity contribution in [1.29, 1.82) is 0 Å². The van der Waals surface area contributed by atoms with Gasteiger partial charge in [0.25, 0.3) is 5.56 Å². The number of carbonyl (C=O) groups excluding carboxylic acids is 1. The Bertz CT molecular complexity index is 1290. The number of nitrogens with zero attached hydrogens (tertiary/aromatic N) is 2. The molecule has 0 saturated heterocycles. The molecule has 0 aliphatic heterocycles. The number of carbonyl (C=O) groups is 1. The third kappa shape index (κ3) is 4.22. The molecule has 4 aromatic rings. The van der Waals surface area contributed by atoms with Crippen LogP contribution in [0.15, 0.2) is 62.9 Å². The normalized spacial score (nSPS) is 11.3. The Morgan fingerprint density at radius 3 is 2.65 bits per heavy atom. The van der Waals surface area contributed by atoms with E-state index in [1.165, 1.54) is 11.8 Å². The van der Waals surface area contributed by atoms with Crippen molar-refractivity contribution in [1.82, 2.24) is 9.55 Å². The van der Waals surface area contributed by atoms with Crippen LogP contribution in [0.1, 0.15) is 23.0 Å². The summed E-state index contributed by atoms with van der Waals surface area (Å²) < 4.78 is 17.8. The van der Waals surface area contributed by atoms with Gasteiger partial charge in [-0.15, -0.1) is 0 Å². The number of aromatic nitrogens is 2. The molecule has 4 rings (SSSR count). The van der Waals surface area contributed by atoms with E-state index in [1.54, 1.807) is 24.7 Å². The molecule has 2 aromatic carbocycles. The lowest BCUT2D eigenvalue weighted by Gasteiger charge is -2.12. The smallest absolute Gasteiger partial charge is 0.374 e. The number of thioether (sulfide) groups is 1. The summed E-state index contributed by atoms with van der Waals surface area (Å²) in [4.78, 5) is 30.2. The summed E-state index contributed by atoms with van der Waals surface area (Å²) in [6.45, 7) is 2.77. The van der Waals surface area contributed by atoms with Crippen LogP contribution < -0.4 is 5.56 Å². The van der Waals surface area contributed by atoms with Crippen molar-refractivity contribution in [2.75, 3.05) is 20.3 Å². The minimum Gasteiger partial charge on any atom is -0.460 e. The number of rotatable bonds is 8. The summed E-state index contributed by atoms with van der Waals surface area (Å²) in [7, 11) is 1.59. The molecule has 0 unspecified atom stereocenters. The molecule has 0 aliphatic carbocycles. The molecule has 0 bridgehead atoms. The Morgan fingerprint density at radius 2 is 1.87 bits per heavy atom. The predicted molar refractivity (Wildman–Crippen MR) is 120 cm³/mol. The highest BCUT2D eigenvalue weighted by atomic mass is 32.2. The number of fused-ring (bicyclic) bond motifs is 2. The molecule has 160 valence electrons. The largest absolute Gasteiger partial charge is 0.460 e. The number of para-hydroxylation sites is 2. The topological polar surface area (TPSA) is 83.6 Å². The fraction of sp³-hybridized carbons (Fsp3) is 0.261. The van der Waals surface area contributed by atoms with Gasteiger partial charge in [0.15, 0.2) is 5.16 Å². The van der Waals surface area contributed by atoms with Gasteiger partial charge in [0.1, 0.15) is 5.58 Å². The van der Waals surface area contributed by atoms with Gasteiger partial charge in [-0.25, -0.2) is 9.78 Å². The van der Waals surface area contributed by atoms with Crippen molar-refractivity contribution >= 4 is 39.6 Å². The van der Waals surface area contributed by atoms with E-state index in [4.69, 9.17) is 18.9 Å². The highest BCUT2D eigenvalue weighted by Gasteiger charge is 2.22. The maximum absolute atomic E-state index is 13.1. The zero-order valence-corrected chi connectivity index (χ0v) is 18.1. The molecule has 31 heavy (non-hydrogen) atoms. The molecular formula is C23H22N2O5S. The van der Waals surface area contributed by atoms with Gasteiger partial charge >= 0.3 is 5.97 Å². The second-order valence-electron chi connectivity index (χ2n) is 6.78. The summed E-state index contributed by atoms with van der Waals surface area (Å²) in [6.07, 6.45) is 0. The third-order valence-electron chi connectivity index (χ3n) is 4.85. The van der Waals surface area contributed by atoms with Gasteiger partial charge in [0.2, 0.25) is 5.76 Å². The molecular weight excluding hydrogens is 416 g/mol. The van der Waals surface area contributed by atoms with Gasteiger partial charge in [-0.1, -0.05) is 42.1 Å². The van der Waals surface area contributed by atoms with Crippen LogP contribution in [0.25, 0.3) is 21.9 Å². The van der Waals surface area contributed by atoms with Gasteiger partial charge in [-0.3, -0.25) is 9.36 Å². The number of esters is 1. The van der Waals surface area contributed by atoms with Crippen LogP contribution in [-0.2, 0) is 21.8 Å². The molecule has 0 saturated carbocycles. The van der Waals surface area contributed by atoms with Crippen LogP contribution in [0.3, 0.4) is 0 Å². The van der Waals surface area contributed by atoms with Crippen molar-refractivity contribution in [3.8, 4) is 0 Å². The van der Waals surface area contributed by atoms with Gasteiger partial charge in [-0.2, -0.15) is 0 Å². The second kappa shape index (κ2) is 9.36. The summed E-state index contributed by atoms with van der Waals surface area (Å²) in [5, 5.41) is 1.95. The van der Waals surface area contributed by atoms with Crippen LogP contribution in [0.5, 0.6) is 0 Å². The minimum atomic E-state index is -0.502. The zero-order valence-electron chi connectivity index (χ0n) is 17.3. The molecule has 2 heterocycles. The van der Waals surface area contributed by atoms with Gasteiger partial charge in [0, 0.05) is 23.8 Å². The molecule has 0 N–H and O–H groups in total. The van der Waals surface area contributed by atoms with Crippen LogP contribution in [0.2, 0.25) is 0 Å². The highest BCUT2D eigenvalue weighted by Crippen LogP contribution is 2.32. The minimum absolute atomic E-state index is 0.118. The van der Waals surface area contributed by atoms with E-state index in [0.29, 0.717) is 40.5 Å². The number of ether oxygens (including phenoxy) is 2. The quantitative estimate of drug-likeness (QED) is 0.231. The molecule has 0 radical (unpaired) electrons. The van der Waals surface area contributed by atoms with E-state index < -0.39 is 5.97 Å². The first-order valence-electron chi connectivity index (χ1n) is 9.93. The maximum Gasteiger partial charge on any atom is 0.374 e. The third-order valence-corrected chi connectivity index (χ3v) is 5.85. The van der Waals surface area contributed by atoms with Crippen LogP contribution >= 0.6 is 11.8 Å². The molecule has 7 nitrogen and oxygen atoms in total. The predicted octanol–water partition coefficient (Wildman–Crippen LogP) is 4.26. The number of benzene rings is 2. The van der Waals surface area contributed by atoms with Crippen molar-refractivity contribution < 1.29 is 18.7 Å². The monoisotopic (exact) mass is 438 g/mol. The number of hydrogen-bond acceptors (Lipinski definition) is 7. The molecule has 0 spiro atoms. The Morgan fingerprint density at radius 1 is 1.13 bits per heavy atom. The molecule has 0 atom stereocenters. The average Bonchev–Trinajstić information content (AvgIpc) is 3.16. The first kappa shape index (κ1) is 21.1. The molecule has 0 fully saturated rings. The van der Waals surface area contributed by atoms with Crippen LogP contribution in [0.4, 0.5) is 0 Å². The lowest BCUT2D eigenvalue weighted by Crippen LogP contribution is -2.25. The SMILES string of the molecule is CCOC(=O)c1oc2ccccc2c1CSc1nc2ccccc2c(=O)n1CCOC. The average molecular weight is 439 g/mol. The maximum atomic E-state index is 13.1. The Hall–Kier alpha value is -3.10. The van der Waals surface area contributed by atoms with Gasteiger partial charge in [-0.05, 0) is 25.1 Å². The zero-order chi connectivity index (χ0) is 21.8. The van der Waals surface area contributed by atoms with E-state index in [9.17, 15) is 9.59 Å². The summed E-state index contributed by atoms with van der Waals surface area (Å²) in [5.41, 5.74) is 1.85. The van der Waals surface area contributed by atoms with E-state index in [0.717, 1.165) is 10.9 Å². The van der Waals surface area contributed by atoms with Crippen molar-refractivity contribution in [3.05, 3.63) is 70.2 Å². The number of methoxy groups -OCH3 is 1. The van der Waals surface area contributed by atoms with Crippen LogP contribution in [-0.4, -0.2) is 35.8 Å². The van der Waals surface area contributed by atoms with Gasteiger partial charge in [0.05, 0.1) is 30.7 Å². The molecule has 0 aliphatic rings. The first-order valence-corrected chi connectivity index (χ1v) is 10.9.